The Labute approximate surface area is 157 Å². The van der Waals surface area contributed by atoms with Crippen LogP contribution >= 0.6 is 0 Å². The topological polar surface area (TPSA) is 84.0 Å². The molecule has 0 unspecified atom stereocenters. The van der Waals surface area contributed by atoms with Gasteiger partial charge in [0.15, 0.2) is 0 Å². The van der Waals surface area contributed by atoms with Crippen molar-refractivity contribution < 1.29 is 27.2 Å². The maximum Gasteiger partial charge on any atom is 0.416 e. The van der Waals surface area contributed by atoms with Crippen LogP contribution in [0.1, 0.15) is 40.2 Å². The number of anilines is 1. The molecule has 0 spiro atoms. The highest BCUT2D eigenvalue weighted by molar-refractivity contribution is 5.95. The first kappa shape index (κ1) is 19.7. The molecule has 2 amide bonds. The predicted molar refractivity (Wildman–Crippen MR) is 90.7 cm³/mol. The van der Waals surface area contributed by atoms with E-state index < -0.39 is 23.5 Å². The molecule has 0 bridgehead atoms. The van der Waals surface area contributed by atoms with E-state index in [1.165, 1.54) is 6.07 Å². The van der Waals surface area contributed by atoms with Gasteiger partial charge in [-0.15, -0.1) is 0 Å². The fraction of sp³-hybridized carbons (Fsp3) is 0.333. The van der Waals surface area contributed by atoms with Crippen molar-refractivity contribution in [2.24, 2.45) is 5.92 Å². The minimum atomic E-state index is -4.70. The maximum atomic E-state index is 13.4. The Bertz CT molecular complexity index is 926. The molecule has 1 aromatic carbocycles. The van der Waals surface area contributed by atoms with E-state index in [1.807, 2.05) is 0 Å². The number of amides is 2. The van der Waals surface area contributed by atoms with Gasteiger partial charge >= 0.3 is 6.18 Å². The van der Waals surface area contributed by atoms with Crippen LogP contribution in [0.15, 0.2) is 24.3 Å². The van der Waals surface area contributed by atoms with Crippen molar-refractivity contribution in [2.75, 3.05) is 5.32 Å². The number of nitrogens with zero attached hydrogens (tertiary/aromatic N) is 2. The van der Waals surface area contributed by atoms with Crippen LogP contribution < -0.4 is 10.6 Å². The van der Waals surface area contributed by atoms with Crippen LogP contribution in [0.4, 0.5) is 23.5 Å². The summed E-state index contributed by atoms with van der Waals surface area (Å²) < 4.78 is 51.7. The van der Waals surface area contributed by atoms with E-state index in [0.29, 0.717) is 11.8 Å². The van der Waals surface area contributed by atoms with Gasteiger partial charge in [-0.3, -0.25) is 14.9 Å². The number of nitrogens with one attached hydrogen (secondary N) is 2. The molecule has 1 saturated carbocycles. The molecule has 148 valence electrons. The number of carbonyl (C=O) groups is 2. The van der Waals surface area contributed by atoms with E-state index >= 15 is 0 Å². The zero-order chi connectivity index (χ0) is 20.5. The molecule has 0 saturated heterocycles. The highest BCUT2D eigenvalue weighted by Crippen LogP contribution is 2.31. The number of aromatic nitrogens is 2. The van der Waals surface area contributed by atoms with Crippen LogP contribution in [-0.2, 0) is 17.5 Å². The van der Waals surface area contributed by atoms with Crippen LogP contribution in [0.3, 0.4) is 0 Å². The molecule has 1 heterocycles. The Balaban J connectivity index is 1.70. The van der Waals surface area contributed by atoms with Crippen molar-refractivity contribution in [3.8, 4) is 0 Å². The minimum absolute atomic E-state index is 0.0211. The fourth-order valence-electron chi connectivity index (χ4n) is 2.49. The van der Waals surface area contributed by atoms with Gasteiger partial charge in [-0.05, 0) is 49.6 Å². The SMILES string of the molecule is Cc1cc(C(=O)NCc2cc(F)cc(C(F)(F)F)c2)nc(NC(=O)C2CC2)n1. The molecule has 1 fully saturated rings. The third-order valence-electron chi connectivity index (χ3n) is 4.01. The molecule has 2 N–H and O–H groups in total. The molecule has 0 radical (unpaired) electrons. The van der Waals surface area contributed by atoms with Crippen LogP contribution in [0, 0.1) is 18.7 Å². The van der Waals surface area contributed by atoms with E-state index in [1.54, 1.807) is 6.92 Å². The van der Waals surface area contributed by atoms with Gasteiger partial charge in [-0.1, -0.05) is 0 Å². The Kier molecular flexibility index (Phi) is 5.30. The third kappa shape index (κ3) is 5.02. The summed E-state index contributed by atoms with van der Waals surface area (Å²) in [4.78, 5) is 32.1. The van der Waals surface area contributed by atoms with Gasteiger partial charge in [-0.2, -0.15) is 13.2 Å². The normalized spacial score (nSPS) is 13.9. The molecule has 2 aromatic rings. The Morgan fingerprint density at radius 1 is 1.14 bits per heavy atom. The van der Waals surface area contributed by atoms with E-state index in [2.05, 4.69) is 20.6 Å². The summed E-state index contributed by atoms with van der Waals surface area (Å²) in [6.07, 6.45) is -3.11. The summed E-state index contributed by atoms with van der Waals surface area (Å²) >= 11 is 0. The van der Waals surface area contributed by atoms with Crippen molar-refractivity contribution >= 4 is 17.8 Å². The molecule has 1 aromatic heterocycles. The number of hydrogen-bond acceptors (Lipinski definition) is 4. The summed E-state index contributed by atoms with van der Waals surface area (Å²) in [6, 6.07) is 3.42. The number of carbonyl (C=O) groups excluding carboxylic acids is 2. The average molecular weight is 396 g/mol. The molecule has 10 heteroatoms. The molecule has 0 atom stereocenters. The second-order valence-electron chi connectivity index (χ2n) is 6.51. The lowest BCUT2D eigenvalue weighted by Gasteiger charge is -2.11. The van der Waals surface area contributed by atoms with Gasteiger partial charge in [0, 0.05) is 18.2 Å². The molecular formula is C18H16F4N4O2. The fourth-order valence-corrected chi connectivity index (χ4v) is 2.49. The third-order valence-corrected chi connectivity index (χ3v) is 4.01. The summed E-state index contributed by atoms with van der Waals surface area (Å²) in [6.45, 7) is 1.28. The van der Waals surface area contributed by atoms with E-state index in [9.17, 15) is 27.2 Å². The van der Waals surface area contributed by atoms with Gasteiger partial charge in [0.1, 0.15) is 11.5 Å². The molecule has 3 rings (SSSR count). The van der Waals surface area contributed by atoms with Crippen LogP contribution in [0.25, 0.3) is 0 Å². The summed E-state index contributed by atoms with van der Waals surface area (Å²) in [5.41, 5.74) is -0.823. The van der Waals surface area contributed by atoms with E-state index in [-0.39, 0.29) is 35.6 Å². The highest BCUT2D eigenvalue weighted by atomic mass is 19.4. The number of benzene rings is 1. The van der Waals surface area contributed by atoms with Crippen LogP contribution in [-0.4, -0.2) is 21.8 Å². The lowest BCUT2D eigenvalue weighted by molar-refractivity contribution is -0.137. The van der Waals surface area contributed by atoms with Gasteiger partial charge in [0.2, 0.25) is 11.9 Å². The Morgan fingerprint density at radius 2 is 1.86 bits per heavy atom. The predicted octanol–water partition coefficient (Wildman–Crippen LogP) is 3.22. The first-order chi connectivity index (χ1) is 13.1. The number of hydrogen-bond donors (Lipinski definition) is 2. The second-order valence-corrected chi connectivity index (χ2v) is 6.51. The number of alkyl halides is 3. The molecule has 1 aliphatic carbocycles. The highest BCUT2D eigenvalue weighted by Gasteiger charge is 2.31. The van der Waals surface area contributed by atoms with Crippen molar-refractivity contribution in [3.63, 3.8) is 0 Å². The first-order valence-corrected chi connectivity index (χ1v) is 8.43. The van der Waals surface area contributed by atoms with Crippen molar-refractivity contribution in [3.05, 3.63) is 52.6 Å². The maximum absolute atomic E-state index is 13.4. The molecule has 0 aliphatic heterocycles. The van der Waals surface area contributed by atoms with Gasteiger partial charge in [-0.25, -0.2) is 14.4 Å². The van der Waals surface area contributed by atoms with Crippen molar-refractivity contribution in [1.82, 2.24) is 15.3 Å². The molecular weight excluding hydrogens is 380 g/mol. The summed E-state index contributed by atoms with van der Waals surface area (Å²) in [7, 11) is 0. The first-order valence-electron chi connectivity index (χ1n) is 8.43. The molecule has 1 aliphatic rings. The van der Waals surface area contributed by atoms with E-state index in [0.717, 1.165) is 25.0 Å². The smallest absolute Gasteiger partial charge is 0.347 e. The molecule has 28 heavy (non-hydrogen) atoms. The Morgan fingerprint density at radius 3 is 2.50 bits per heavy atom. The largest absolute Gasteiger partial charge is 0.416 e. The standard InChI is InChI=1S/C18H16F4N4O2/c1-9-4-14(25-17(24-9)26-15(27)11-2-3-11)16(28)23-8-10-5-12(18(20,21)22)7-13(19)6-10/h4-7,11H,2-3,8H2,1H3,(H,23,28)(H,24,25,26,27). The zero-order valence-electron chi connectivity index (χ0n) is 14.7. The molecule has 6 nitrogen and oxygen atoms in total. The number of halogens is 4. The average Bonchev–Trinajstić information content (AvgIpc) is 3.43. The summed E-state index contributed by atoms with van der Waals surface area (Å²) in [5, 5.41) is 4.92. The lowest BCUT2D eigenvalue weighted by Crippen LogP contribution is -2.25. The van der Waals surface area contributed by atoms with Crippen LogP contribution in [0.2, 0.25) is 0 Å². The van der Waals surface area contributed by atoms with Crippen molar-refractivity contribution in [1.29, 1.82) is 0 Å². The van der Waals surface area contributed by atoms with Crippen molar-refractivity contribution in [2.45, 2.75) is 32.5 Å². The van der Waals surface area contributed by atoms with Gasteiger partial charge < -0.3 is 5.32 Å². The monoisotopic (exact) mass is 396 g/mol. The number of rotatable bonds is 5. The second kappa shape index (κ2) is 7.53. The van der Waals surface area contributed by atoms with E-state index in [4.69, 9.17) is 0 Å². The Hall–Kier alpha value is -3.04. The lowest BCUT2D eigenvalue weighted by atomic mass is 10.1. The number of aryl methyl sites for hydroxylation is 1. The van der Waals surface area contributed by atoms with Crippen LogP contribution in [0.5, 0.6) is 0 Å². The zero-order valence-corrected chi connectivity index (χ0v) is 14.7. The van der Waals surface area contributed by atoms with Gasteiger partial charge in [0.05, 0.1) is 5.56 Å². The minimum Gasteiger partial charge on any atom is -0.347 e. The summed E-state index contributed by atoms with van der Waals surface area (Å²) in [5.74, 6) is -2.06. The quantitative estimate of drug-likeness (QED) is 0.761. The van der Waals surface area contributed by atoms with Gasteiger partial charge in [0.25, 0.3) is 5.91 Å².